The van der Waals surface area contributed by atoms with Crippen LogP contribution in [0.4, 0.5) is 5.69 Å². The van der Waals surface area contributed by atoms with Crippen LogP contribution in [0.15, 0.2) is 52.9 Å². The molecular formula is C19H16N2O6. The van der Waals surface area contributed by atoms with Gasteiger partial charge < -0.3 is 13.9 Å². The summed E-state index contributed by atoms with van der Waals surface area (Å²) in [6.45, 7) is 1.61. The number of rotatable bonds is 6. The molecule has 0 aliphatic heterocycles. The quantitative estimate of drug-likeness (QED) is 0.369. The van der Waals surface area contributed by atoms with E-state index in [1.165, 1.54) is 19.2 Å². The number of hydrogen-bond acceptors (Lipinski definition) is 7. The molecule has 0 spiro atoms. The van der Waals surface area contributed by atoms with E-state index in [-0.39, 0.29) is 23.6 Å². The highest BCUT2D eigenvalue weighted by Gasteiger charge is 2.20. The third-order valence-electron chi connectivity index (χ3n) is 3.86. The maximum Gasteiger partial charge on any atom is 0.338 e. The minimum absolute atomic E-state index is 0.0481. The molecule has 0 atom stereocenters. The van der Waals surface area contributed by atoms with Crippen molar-refractivity contribution in [1.82, 2.24) is 4.98 Å². The number of oxazole rings is 1. The van der Waals surface area contributed by atoms with Crippen LogP contribution in [0, 0.1) is 17.0 Å². The van der Waals surface area contributed by atoms with E-state index < -0.39 is 10.9 Å². The number of nitro groups is 1. The average Bonchev–Trinajstić information content (AvgIpc) is 3.06. The number of aromatic nitrogens is 1. The van der Waals surface area contributed by atoms with E-state index in [1.54, 1.807) is 6.92 Å². The minimum atomic E-state index is -0.704. The summed E-state index contributed by atoms with van der Waals surface area (Å²) in [7, 11) is 1.32. The lowest BCUT2D eigenvalue weighted by molar-refractivity contribution is -0.385. The first-order valence-corrected chi connectivity index (χ1v) is 8.01. The van der Waals surface area contributed by atoms with Crippen molar-refractivity contribution in [2.75, 3.05) is 7.11 Å². The number of nitrogens with zero attached hydrogens (tertiary/aromatic N) is 2. The van der Waals surface area contributed by atoms with Crippen molar-refractivity contribution in [3.05, 3.63) is 75.7 Å². The summed E-state index contributed by atoms with van der Waals surface area (Å²) >= 11 is 0. The van der Waals surface area contributed by atoms with Crippen molar-refractivity contribution in [3.8, 4) is 17.2 Å². The molecule has 0 saturated carbocycles. The Morgan fingerprint density at radius 3 is 2.63 bits per heavy atom. The first-order valence-electron chi connectivity index (χ1n) is 8.01. The van der Waals surface area contributed by atoms with Gasteiger partial charge in [-0.25, -0.2) is 9.78 Å². The lowest BCUT2D eigenvalue weighted by Crippen LogP contribution is -2.07. The van der Waals surface area contributed by atoms with Crippen molar-refractivity contribution in [3.63, 3.8) is 0 Å². The zero-order valence-corrected chi connectivity index (χ0v) is 14.7. The van der Waals surface area contributed by atoms with Crippen LogP contribution in [0.2, 0.25) is 0 Å². The van der Waals surface area contributed by atoms with Gasteiger partial charge in [0.05, 0.1) is 17.6 Å². The van der Waals surface area contributed by atoms with Crippen molar-refractivity contribution < 1.29 is 23.6 Å². The molecule has 8 heteroatoms. The van der Waals surface area contributed by atoms with Crippen LogP contribution in [-0.2, 0) is 11.3 Å². The minimum Gasteiger partial charge on any atom is -0.490 e. The first-order chi connectivity index (χ1) is 13.0. The molecule has 0 fully saturated rings. The second kappa shape index (κ2) is 7.69. The third kappa shape index (κ3) is 3.95. The van der Waals surface area contributed by atoms with Gasteiger partial charge in [0.15, 0.2) is 5.75 Å². The topological polar surface area (TPSA) is 105 Å². The van der Waals surface area contributed by atoms with Crippen molar-refractivity contribution in [2.24, 2.45) is 0 Å². The number of benzene rings is 2. The number of carbonyl (C=O) groups is 1. The van der Waals surface area contributed by atoms with Crippen LogP contribution < -0.4 is 4.74 Å². The van der Waals surface area contributed by atoms with Crippen molar-refractivity contribution in [2.45, 2.75) is 13.5 Å². The Balaban J connectivity index is 1.74. The monoisotopic (exact) mass is 368 g/mol. The molecule has 1 heterocycles. The third-order valence-corrected chi connectivity index (χ3v) is 3.86. The first kappa shape index (κ1) is 18.1. The summed E-state index contributed by atoms with van der Waals surface area (Å²) in [6, 6.07) is 13.2. The second-order valence-electron chi connectivity index (χ2n) is 5.61. The maximum absolute atomic E-state index is 12.2. The highest BCUT2D eigenvalue weighted by Crippen LogP contribution is 2.28. The van der Waals surface area contributed by atoms with E-state index in [0.717, 1.165) is 11.6 Å². The SMILES string of the molecule is COc1ccc(C(=O)OCc2nc(-c3ccccc3)oc2C)cc1[N+](=O)[O-]. The van der Waals surface area contributed by atoms with Gasteiger partial charge in [0.1, 0.15) is 18.1 Å². The summed E-state index contributed by atoms with van der Waals surface area (Å²) in [6.07, 6.45) is 0. The fraction of sp³-hybridized carbons (Fsp3) is 0.158. The van der Waals surface area contributed by atoms with E-state index >= 15 is 0 Å². The van der Waals surface area contributed by atoms with E-state index in [4.69, 9.17) is 13.9 Å². The zero-order chi connectivity index (χ0) is 19.4. The molecule has 0 aliphatic rings. The molecule has 0 radical (unpaired) electrons. The van der Waals surface area contributed by atoms with Gasteiger partial charge in [-0.3, -0.25) is 10.1 Å². The number of carbonyl (C=O) groups excluding carboxylic acids is 1. The molecule has 3 rings (SSSR count). The Hall–Kier alpha value is -3.68. The molecule has 0 unspecified atom stereocenters. The lowest BCUT2D eigenvalue weighted by atomic mass is 10.2. The van der Waals surface area contributed by atoms with E-state index in [1.807, 2.05) is 30.3 Å². The number of hydrogen-bond donors (Lipinski definition) is 0. The average molecular weight is 368 g/mol. The van der Waals surface area contributed by atoms with Gasteiger partial charge in [-0.05, 0) is 31.2 Å². The number of methoxy groups -OCH3 is 1. The molecule has 2 aromatic carbocycles. The molecule has 0 aliphatic carbocycles. The van der Waals surface area contributed by atoms with Crippen LogP contribution in [-0.4, -0.2) is 23.0 Å². The van der Waals surface area contributed by atoms with E-state index in [0.29, 0.717) is 17.3 Å². The van der Waals surface area contributed by atoms with E-state index in [2.05, 4.69) is 4.98 Å². The van der Waals surface area contributed by atoms with Crippen LogP contribution in [0.3, 0.4) is 0 Å². The molecule has 0 amide bonds. The van der Waals surface area contributed by atoms with E-state index in [9.17, 15) is 14.9 Å². The number of ether oxygens (including phenoxy) is 2. The number of nitro benzene ring substituents is 1. The summed E-state index contributed by atoms with van der Waals surface area (Å²) in [5, 5.41) is 11.1. The summed E-state index contributed by atoms with van der Waals surface area (Å²) in [5.41, 5.74) is 1.03. The Labute approximate surface area is 154 Å². The fourth-order valence-corrected chi connectivity index (χ4v) is 2.44. The highest BCUT2D eigenvalue weighted by molar-refractivity contribution is 5.90. The van der Waals surface area contributed by atoms with Crippen molar-refractivity contribution in [1.29, 1.82) is 0 Å². The predicted octanol–water partition coefficient (Wildman–Crippen LogP) is 3.92. The normalized spacial score (nSPS) is 10.4. The molecule has 0 saturated heterocycles. The number of aryl methyl sites for hydroxylation is 1. The van der Waals surface area contributed by atoms with Crippen LogP contribution in [0.1, 0.15) is 21.8 Å². The van der Waals surface area contributed by atoms with Crippen molar-refractivity contribution >= 4 is 11.7 Å². The molecule has 1 aromatic heterocycles. The fourth-order valence-electron chi connectivity index (χ4n) is 2.44. The van der Waals surface area contributed by atoms with Gasteiger partial charge in [0.25, 0.3) is 0 Å². The van der Waals surface area contributed by atoms with Gasteiger partial charge in [0, 0.05) is 11.6 Å². The van der Waals surface area contributed by atoms with Gasteiger partial charge in [0.2, 0.25) is 5.89 Å². The van der Waals surface area contributed by atoms with Gasteiger partial charge >= 0.3 is 11.7 Å². The largest absolute Gasteiger partial charge is 0.490 e. The molecule has 0 N–H and O–H groups in total. The van der Waals surface area contributed by atoms with Crippen LogP contribution >= 0.6 is 0 Å². The van der Waals surface area contributed by atoms with Crippen LogP contribution in [0.5, 0.6) is 5.75 Å². The molecule has 8 nitrogen and oxygen atoms in total. The van der Waals surface area contributed by atoms with Gasteiger partial charge in [-0.2, -0.15) is 0 Å². The highest BCUT2D eigenvalue weighted by atomic mass is 16.6. The number of esters is 1. The summed E-state index contributed by atoms with van der Waals surface area (Å²) in [5.74, 6) is 0.322. The standard InChI is InChI=1S/C19H16N2O6/c1-12-15(20-18(27-12)13-6-4-3-5-7-13)11-26-19(22)14-8-9-17(25-2)16(10-14)21(23)24/h3-10H,11H2,1-2H3. The Bertz CT molecular complexity index is 981. The molecule has 0 bridgehead atoms. The second-order valence-corrected chi connectivity index (χ2v) is 5.61. The summed E-state index contributed by atoms with van der Waals surface area (Å²) < 4.78 is 15.8. The zero-order valence-electron chi connectivity index (χ0n) is 14.7. The molecule has 3 aromatic rings. The smallest absolute Gasteiger partial charge is 0.338 e. The lowest BCUT2D eigenvalue weighted by Gasteiger charge is -2.05. The predicted molar refractivity (Wildman–Crippen MR) is 95.4 cm³/mol. The maximum atomic E-state index is 12.2. The van der Waals surface area contributed by atoms with Crippen LogP contribution in [0.25, 0.3) is 11.5 Å². The molecule has 138 valence electrons. The molecular weight excluding hydrogens is 352 g/mol. The summed E-state index contributed by atoms with van der Waals surface area (Å²) in [4.78, 5) is 27.0. The molecule has 27 heavy (non-hydrogen) atoms. The van der Waals surface area contributed by atoms with Gasteiger partial charge in [-0.15, -0.1) is 0 Å². The van der Waals surface area contributed by atoms with Gasteiger partial charge in [-0.1, -0.05) is 18.2 Å². The Kier molecular flexibility index (Phi) is 5.16. The Morgan fingerprint density at radius 2 is 1.96 bits per heavy atom. The Morgan fingerprint density at radius 1 is 1.22 bits per heavy atom.